The van der Waals surface area contributed by atoms with E-state index in [9.17, 15) is 4.79 Å². The van der Waals surface area contributed by atoms with Crippen molar-refractivity contribution in [1.29, 1.82) is 0 Å². The molecule has 1 amide bonds. The molecule has 0 saturated heterocycles. The molecule has 0 aliphatic rings. The number of carbonyl (C=O) groups is 1. The Morgan fingerprint density at radius 1 is 0.800 bits per heavy atom. The first-order valence-corrected chi connectivity index (χ1v) is 10.2. The summed E-state index contributed by atoms with van der Waals surface area (Å²) in [6.07, 6.45) is 0. The number of benzene rings is 3. The lowest BCUT2D eigenvalue weighted by Crippen LogP contribution is -2.11. The van der Waals surface area contributed by atoms with Crippen molar-refractivity contribution in [1.82, 2.24) is 4.98 Å². The lowest BCUT2D eigenvalue weighted by Gasteiger charge is -2.04. The van der Waals surface area contributed by atoms with E-state index in [4.69, 9.17) is 14.5 Å². The minimum atomic E-state index is -0.215. The van der Waals surface area contributed by atoms with E-state index < -0.39 is 0 Å². The molecule has 3 aromatic carbocycles. The van der Waals surface area contributed by atoms with Crippen LogP contribution in [-0.4, -0.2) is 25.1 Å². The quantitative estimate of drug-likeness (QED) is 0.435. The summed E-state index contributed by atoms with van der Waals surface area (Å²) in [6.45, 7) is 0. The monoisotopic (exact) mass is 416 g/mol. The molecular formula is C24H20N2O3S. The van der Waals surface area contributed by atoms with Crippen LogP contribution in [0.25, 0.3) is 21.7 Å². The number of carbonyl (C=O) groups excluding carboxylic acids is 1. The smallest absolute Gasteiger partial charge is 0.257 e. The third-order valence-electron chi connectivity index (χ3n) is 4.60. The van der Waals surface area contributed by atoms with Crippen molar-refractivity contribution >= 4 is 22.4 Å². The number of anilines is 1. The number of hydrogen-bond donors (Lipinski definition) is 1. The zero-order valence-corrected chi connectivity index (χ0v) is 17.4. The van der Waals surface area contributed by atoms with Gasteiger partial charge in [0.1, 0.15) is 11.5 Å². The van der Waals surface area contributed by atoms with E-state index in [1.165, 1.54) is 11.3 Å². The van der Waals surface area contributed by atoms with Crippen LogP contribution in [0.2, 0.25) is 0 Å². The Labute approximate surface area is 178 Å². The molecule has 1 N–H and O–H groups in total. The average molecular weight is 417 g/mol. The van der Waals surface area contributed by atoms with E-state index in [2.05, 4.69) is 5.32 Å². The maximum absolute atomic E-state index is 12.7. The topological polar surface area (TPSA) is 60.5 Å². The van der Waals surface area contributed by atoms with Gasteiger partial charge in [-0.1, -0.05) is 41.7 Å². The van der Waals surface area contributed by atoms with Crippen LogP contribution in [-0.2, 0) is 0 Å². The molecular weight excluding hydrogens is 396 g/mol. The summed E-state index contributed by atoms with van der Waals surface area (Å²) >= 11 is 1.45. The van der Waals surface area contributed by atoms with Gasteiger partial charge in [0.25, 0.3) is 5.91 Å². The summed E-state index contributed by atoms with van der Waals surface area (Å²) in [5, 5.41) is 3.46. The normalized spacial score (nSPS) is 10.5. The van der Waals surface area contributed by atoms with E-state index in [-0.39, 0.29) is 5.91 Å². The molecule has 4 rings (SSSR count). The Kier molecular flexibility index (Phi) is 5.77. The minimum Gasteiger partial charge on any atom is -0.497 e. The first-order valence-electron chi connectivity index (χ1n) is 9.34. The highest BCUT2D eigenvalue weighted by Gasteiger charge is 2.17. The molecule has 1 heterocycles. The van der Waals surface area contributed by atoms with Crippen molar-refractivity contribution < 1.29 is 14.3 Å². The fourth-order valence-corrected chi connectivity index (χ4v) is 4.00. The molecule has 0 saturated carbocycles. The van der Waals surface area contributed by atoms with Crippen LogP contribution >= 0.6 is 11.3 Å². The lowest BCUT2D eigenvalue weighted by molar-refractivity contribution is 0.102. The number of aromatic nitrogens is 1. The minimum absolute atomic E-state index is 0.215. The van der Waals surface area contributed by atoms with Crippen molar-refractivity contribution in [2.45, 2.75) is 0 Å². The van der Waals surface area contributed by atoms with Crippen molar-refractivity contribution in [3.8, 4) is 33.2 Å². The summed E-state index contributed by atoms with van der Waals surface area (Å²) in [4.78, 5) is 18.4. The van der Waals surface area contributed by atoms with E-state index in [1.807, 2.05) is 54.6 Å². The highest BCUT2D eigenvalue weighted by atomic mass is 32.1. The Bertz CT molecular complexity index is 1140. The zero-order valence-electron chi connectivity index (χ0n) is 16.6. The third kappa shape index (κ3) is 4.18. The SMILES string of the molecule is COc1ccc(C(=O)Nc2nc(-c3ccc(OC)cc3)c(-c3ccccc3)s2)cc1. The number of nitrogens with one attached hydrogen (secondary N) is 1. The van der Waals surface area contributed by atoms with E-state index in [0.717, 1.165) is 27.4 Å². The Balaban J connectivity index is 1.68. The van der Waals surface area contributed by atoms with Crippen molar-refractivity contribution in [2.24, 2.45) is 0 Å². The van der Waals surface area contributed by atoms with Gasteiger partial charge in [-0.2, -0.15) is 0 Å². The summed E-state index contributed by atoms with van der Waals surface area (Å²) in [5.41, 5.74) is 3.36. The van der Waals surface area contributed by atoms with Gasteiger partial charge in [-0.25, -0.2) is 4.98 Å². The van der Waals surface area contributed by atoms with Crippen LogP contribution in [0.3, 0.4) is 0 Å². The molecule has 0 spiro atoms. The van der Waals surface area contributed by atoms with E-state index in [0.29, 0.717) is 16.4 Å². The van der Waals surface area contributed by atoms with Gasteiger partial charge in [0.15, 0.2) is 5.13 Å². The summed E-state index contributed by atoms with van der Waals surface area (Å²) < 4.78 is 10.4. The maximum Gasteiger partial charge on any atom is 0.257 e. The number of rotatable bonds is 6. The molecule has 0 unspecified atom stereocenters. The fourth-order valence-electron chi connectivity index (χ4n) is 3.02. The number of nitrogens with zero attached hydrogens (tertiary/aromatic N) is 1. The average Bonchev–Trinajstić information content (AvgIpc) is 3.23. The van der Waals surface area contributed by atoms with Gasteiger partial charge >= 0.3 is 0 Å². The Morgan fingerprint density at radius 3 is 2.00 bits per heavy atom. The second kappa shape index (κ2) is 8.80. The highest BCUT2D eigenvalue weighted by Crippen LogP contribution is 2.39. The summed E-state index contributed by atoms with van der Waals surface area (Å²) in [5.74, 6) is 1.27. The molecule has 0 aliphatic heterocycles. The van der Waals surface area contributed by atoms with Gasteiger partial charge < -0.3 is 9.47 Å². The van der Waals surface area contributed by atoms with Crippen LogP contribution in [0.4, 0.5) is 5.13 Å². The van der Waals surface area contributed by atoms with Gasteiger partial charge in [0, 0.05) is 11.1 Å². The molecule has 0 radical (unpaired) electrons. The maximum atomic E-state index is 12.7. The van der Waals surface area contributed by atoms with Crippen LogP contribution in [0.15, 0.2) is 78.9 Å². The Morgan fingerprint density at radius 2 is 1.40 bits per heavy atom. The molecule has 4 aromatic rings. The van der Waals surface area contributed by atoms with E-state index in [1.54, 1.807) is 38.5 Å². The van der Waals surface area contributed by atoms with Crippen LogP contribution in [0.5, 0.6) is 11.5 Å². The third-order valence-corrected chi connectivity index (χ3v) is 5.62. The molecule has 0 bridgehead atoms. The molecule has 0 fully saturated rings. The largest absolute Gasteiger partial charge is 0.497 e. The summed E-state index contributed by atoms with van der Waals surface area (Å²) in [6, 6.07) is 24.7. The van der Waals surface area contributed by atoms with Gasteiger partial charge in [0.05, 0.1) is 24.8 Å². The number of hydrogen-bond acceptors (Lipinski definition) is 5. The van der Waals surface area contributed by atoms with Gasteiger partial charge in [0.2, 0.25) is 0 Å². The van der Waals surface area contributed by atoms with Gasteiger partial charge in [-0.15, -0.1) is 0 Å². The molecule has 1 aromatic heterocycles. The highest BCUT2D eigenvalue weighted by molar-refractivity contribution is 7.19. The number of methoxy groups -OCH3 is 2. The predicted molar refractivity (Wildman–Crippen MR) is 120 cm³/mol. The van der Waals surface area contributed by atoms with Crippen LogP contribution in [0, 0.1) is 0 Å². The molecule has 0 atom stereocenters. The second-order valence-electron chi connectivity index (χ2n) is 6.47. The first kappa shape index (κ1) is 19.7. The van der Waals surface area contributed by atoms with Crippen molar-refractivity contribution in [2.75, 3.05) is 19.5 Å². The van der Waals surface area contributed by atoms with Crippen molar-refractivity contribution in [3.05, 3.63) is 84.4 Å². The number of ether oxygens (including phenoxy) is 2. The van der Waals surface area contributed by atoms with Gasteiger partial charge in [-0.3, -0.25) is 10.1 Å². The zero-order chi connectivity index (χ0) is 20.9. The molecule has 150 valence electrons. The molecule has 5 nitrogen and oxygen atoms in total. The first-order chi connectivity index (χ1) is 14.7. The standard InChI is InChI=1S/C24H20N2O3S/c1-28-19-12-8-16(9-13-19)21-22(17-6-4-3-5-7-17)30-24(25-21)26-23(27)18-10-14-20(29-2)15-11-18/h3-15H,1-2H3,(H,25,26,27). The summed E-state index contributed by atoms with van der Waals surface area (Å²) in [7, 11) is 3.23. The Hall–Kier alpha value is -3.64. The lowest BCUT2D eigenvalue weighted by atomic mass is 10.1. The number of thiazole rings is 1. The second-order valence-corrected chi connectivity index (χ2v) is 7.47. The predicted octanol–water partition coefficient (Wildman–Crippen LogP) is 5.75. The fraction of sp³-hybridized carbons (Fsp3) is 0.0833. The molecule has 0 aliphatic carbocycles. The molecule has 30 heavy (non-hydrogen) atoms. The van der Waals surface area contributed by atoms with Crippen LogP contribution < -0.4 is 14.8 Å². The van der Waals surface area contributed by atoms with E-state index >= 15 is 0 Å². The van der Waals surface area contributed by atoms with Crippen LogP contribution in [0.1, 0.15) is 10.4 Å². The molecule has 6 heteroatoms. The number of amides is 1. The van der Waals surface area contributed by atoms with Crippen molar-refractivity contribution in [3.63, 3.8) is 0 Å². The van der Waals surface area contributed by atoms with Gasteiger partial charge in [-0.05, 0) is 54.1 Å².